The first-order valence-corrected chi connectivity index (χ1v) is 5.25. The maximum Gasteiger partial charge on any atom is 0.309 e. The molecule has 16 heavy (non-hydrogen) atoms. The van der Waals surface area contributed by atoms with E-state index in [1.165, 1.54) is 0 Å². The van der Waals surface area contributed by atoms with E-state index in [0.29, 0.717) is 6.61 Å². The van der Waals surface area contributed by atoms with Crippen LogP contribution in [0.4, 0.5) is 0 Å². The van der Waals surface area contributed by atoms with E-state index >= 15 is 0 Å². The summed E-state index contributed by atoms with van der Waals surface area (Å²) in [5, 5.41) is 9.43. The van der Waals surface area contributed by atoms with Gasteiger partial charge in [-0.3, -0.25) is 4.79 Å². The van der Waals surface area contributed by atoms with E-state index in [9.17, 15) is 9.90 Å². The quantitative estimate of drug-likeness (QED) is 0.768. The van der Waals surface area contributed by atoms with Crippen LogP contribution in [-0.2, 0) is 20.9 Å². The van der Waals surface area contributed by atoms with Crippen molar-refractivity contribution in [2.45, 2.75) is 25.2 Å². The minimum Gasteiger partial charge on any atom is -0.457 e. The fraction of sp³-hybridized carbons (Fsp3) is 0.417. The van der Waals surface area contributed by atoms with Gasteiger partial charge in [0.05, 0.1) is 19.6 Å². The van der Waals surface area contributed by atoms with Gasteiger partial charge < -0.3 is 14.6 Å². The molecule has 1 N–H and O–H groups in total. The molecular formula is C12H14O4. The molecule has 1 fully saturated rings. The molecule has 1 aromatic carbocycles. The van der Waals surface area contributed by atoms with E-state index < -0.39 is 12.2 Å². The van der Waals surface area contributed by atoms with E-state index in [0.717, 1.165) is 5.56 Å². The fourth-order valence-electron chi connectivity index (χ4n) is 1.61. The van der Waals surface area contributed by atoms with E-state index in [1.54, 1.807) is 0 Å². The highest BCUT2D eigenvalue weighted by molar-refractivity contribution is 5.72. The van der Waals surface area contributed by atoms with Crippen molar-refractivity contribution in [3.05, 3.63) is 35.9 Å². The summed E-state index contributed by atoms with van der Waals surface area (Å²) in [4.78, 5) is 10.9. The zero-order valence-corrected chi connectivity index (χ0v) is 8.83. The van der Waals surface area contributed by atoms with E-state index in [4.69, 9.17) is 9.47 Å². The summed E-state index contributed by atoms with van der Waals surface area (Å²) in [5.41, 5.74) is 1.06. The summed E-state index contributed by atoms with van der Waals surface area (Å²) in [6.45, 7) is 0.698. The molecule has 2 atom stereocenters. The zero-order chi connectivity index (χ0) is 11.4. The highest BCUT2D eigenvalue weighted by atomic mass is 16.6. The first-order chi connectivity index (χ1) is 7.75. The Bertz CT molecular complexity index is 349. The van der Waals surface area contributed by atoms with Crippen LogP contribution in [0.5, 0.6) is 0 Å². The number of cyclic esters (lactones) is 1. The molecule has 86 valence electrons. The van der Waals surface area contributed by atoms with Crippen molar-refractivity contribution in [3.8, 4) is 0 Å². The van der Waals surface area contributed by atoms with E-state index in [-0.39, 0.29) is 19.0 Å². The maximum atomic E-state index is 10.9. The van der Waals surface area contributed by atoms with Gasteiger partial charge in [-0.15, -0.1) is 0 Å². The molecule has 1 aromatic rings. The van der Waals surface area contributed by atoms with Crippen molar-refractivity contribution in [2.24, 2.45) is 0 Å². The van der Waals surface area contributed by atoms with E-state index in [2.05, 4.69) is 0 Å². The van der Waals surface area contributed by atoms with Crippen molar-refractivity contribution >= 4 is 5.97 Å². The van der Waals surface area contributed by atoms with Crippen LogP contribution < -0.4 is 0 Å². The van der Waals surface area contributed by atoms with Crippen molar-refractivity contribution < 1.29 is 19.4 Å². The van der Waals surface area contributed by atoms with Crippen LogP contribution in [-0.4, -0.2) is 29.9 Å². The van der Waals surface area contributed by atoms with Crippen molar-refractivity contribution in [1.82, 2.24) is 0 Å². The lowest BCUT2D eigenvalue weighted by atomic mass is 10.2. The number of aliphatic hydroxyl groups is 1. The Kier molecular flexibility index (Phi) is 3.54. The largest absolute Gasteiger partial charge is 0.457 e. The molecule has 0 bridgehead atoms. The molecule has 1 heterocycles. The molecule has 2 rings (SSSR count). The zero-order valence-electron chi connectivity index (χ0n) is 8.83. The van der Waals surface area contributed by atoms with Gasteiger partial charge in [0.2, 0.25) is 0 Å². The molecule has 1 saturated heterocycles. The third kappa shape index (κ3) is 2.81. The molecule has 0 aromatic heterocycles. The molecule has 4 nitrogen and oxygen atoms in total. The smallest absolute Gasteiger partial charge is 0.309 e. The second-order valence-corrected chi connectivity index (χ2v) is 3.80. The highest BCUT2D eigenvalue weighted by Gasteiger charge is 2.33. The second kappa shape index (κ2) is 5.09. The number of rotatable bonds is 4. The fourth-order valence-corrected chi connectivity index (χ4v) is 1.61. The maximum absolute atomic E-state index is 10.9. The van der Waals surface area contributed by atoms with Crippen molar-refractivity contribution in [2.75, 3.05) is 6.61 Å². The number of benzene rings is 1. The summed E-state index contributed by atoms with van der Waals surface area (Å²) in [6, 6.07) is 9.71. The normalized spacial score (nSPS) is 24.4. The van der Waals surface area contributed by atoms with Gasteiger partial charge in [0.15, 0.2) is 6.10 Å². The van der Waals surface area contributed by atoms with Gasteiger partial charge in [-0.1, -0.05) is 30.3 Å². The SMILES string of the molecule is O=C1C[C@H](O)C(COCc2ccccc2)O1. The van der Waals surface area contributed by atoms with Crippen LogP contribution in [0.1, 0.15) is 12.0 Å². The van der Waals surface area contributed by atoms with Crippen molar-refractivity contribution in [1.29, 1.82) is 0 Å². The lowest BCUT2D eigenvalue weighted by Gasteiger charge is -2.13. The number of esters is 1. The number of hydrogen-bond acceptors (Lipinski definition) is 4. The molecule has 4 heteroatoms. The van der Waals surface area contributed by atoms with Gasteiger partial charge in [-0.2, -0.15) is 0 Å². The Balaban J connectivity index is 1.74. The van der Waals surface area contributed by atoms with Gasteiger partial charge in [0, 0.05) is 0 Å². The van der Waals surface area contributed by atoms with Crippen LogP contribution in [0, 0.1) is 0 Å². The minimum absolute atomic E-state index is 0.0688. The molecule has 0 radical (unpaired) electrons. The summed E-state index contributed by atoms with van der Waals surface area (Å²) >= 11 is 0. The van der Waals surface area contributed by atoms with Gasteiger partial charge >= 0.3 is 5.97 Å². The predicted octanol–water partition coefficient (Wildman–Crippen LogP) is 0.880. The van der Waals surface area contributed by atoms with E-state index in [1.807, 2.05) is 30.3 Å². The van der Waals surface area contributed by atoms with Gasteiger partial charge in [-0.25, -0.2) is 0 Å². The Morgan fingerprint density at radius 2 is 2.12 bits per heavy atom. The predicted molar refractivity (Wildman–Crippen MR) is 56.6 cm³/mol. The molecule has 0 aliphatic carbocycles. The van der Waals surface area contributed by atoms with Crippen LogP contribution in [0.15, 0.2) is 30.3 Å². The van der Waals surface area contributed by atoms with Crippen LogP contribution in [0.2, 0.25) is 0 Å². The van der Waals surface area contributed by atoms with Gasteiger partial charge in [0.1, 0.15) is 6.10 Å². The topological polar surface area (TPSA) is 55.8 Å². The molecule has 0 amide bonds. The lowest BCUT2D eigenvalue weighted by Crippen LogP contribution is -2.26. The molecule has 0 saturated carbocycles. The summed E-state index contributed by atoms with van der Waals surface area (Å²) in [6.07, 6.45) is -1.18. The summed E-state index contributed by atoms with van der Waals surface area (Å²) in [5.74, 6) is -0.360. The number of hydrogen-bond donors (Lipinski definition) is 1. The van der Waals surface area contributed by atoms with Crippen molar-refractivity contribution in [3.63, 3.8) is 0 Å². The number of aliphatic hydroxyl groups excluding tert-OH is 1. The summed E-state index contributed by atoms with van der Waals surface area (Å²) < 4.78 is 10.3. The third-order valence-corrected chi connectivity index (χ3v) is 2.48. The average Bonchev–Trinajstić information content (AvgIpc) is 2.59. The number of carbonyl (C=O) groups is 1. The Morgan fingerprint density at radius 3 is 2.75 bits per heavy atom. The number of carbonyl (C=O) groups excluding carboxylic acids is 1. The highest BCUT2D eigenvalue weighted by Crippen LogP contribution is 2.15. The third-order valence-electron chi connectivity index (χ3n) is 2.48. The molecular weight excluding hydrogens is 208 g/mol. The minimum atomic E-state index is -0.733. The van der Waals surface area contributed by atoms with Gasteiger partial charge in [0.25, 0.3) is 0 Å². The Hall–Kier alpha value is -1.39. The number of ether oxygens (including phenoxy) is 2. The van der Waals surface area contributed by atoms with Crippen LogP contribution >= 0.6 is 0 Å². The second-order valence-electron chi connectivity index (χ2n) is 3.80. The molecule has 1 aliphatic heterocycles. The Labute approximate surface area is 93.8 Å². The van der Waals surface area contributed by atoms with Crippen LogP contribution in [0.25, 0.3) is 0 Å². The molecule has 0 spiro atoms. The first kappa shape index (κ1) is 11.1. The van der Waals surface area contributed by atoms with Crippen LogP contribution in [0.3, 0.4) is 0 Å². The first-order valence-electron chi connectivity index (χ1n) is 5.25. The Morgan fingerprint density at radius 1 is 1.38 bits per heavy atom. The average molecular weight is 222 g/mol. The molecule has 1 aliphatic rings. The summed E-state index contributed by atoms with van der Waals surface area (Å²) in [7, 11) is 0. The lowest BCUT2D eigenvalue weighted by molar-refractivity contribution is -0.144. The molecule has 1 unspecified atom stereocenters. The van der Waals surface area contributed by atoms with Gasteiger partial charge in [-0.05, 0) is 5.56 Å². The standard InChI is InChI=1S/C12H14O4/c13-10-6-12(14)16-11(10)8-15-7-9-4-2-1-3-5-9/h1-5,10-11,13H,6-8H2/t10-,11?/m0/s1. The monoisotopic (exact) mass is 222 g/mol.